The van der Waals surface area contributed by atoms with Crippen molar-refractivity contribution in [2.75, 3.05) is 6.61 Å². The number of ether oxygens (including phenoxy) is 1. The molecule has 0 bridgehead atoms. The normalized spacial score (nSPS) is 14.9. The fourth-order valence-electron chi connectivity index (χ4n) is 1.09. The monoisotopic (exact) mass is 278 g/mol. The highest BCUT2D eigenvalue weighted by Crippen LogP contribution is 2.35. The van der Waals surface area contributed by atoms with Crippen LogP contribution >= 0.6 is 0 Å². The third-order valence-electron chi connectivity index (χ3n) is 1.71. The van der Waals surface area contributed by atoms with E-state index in [-0.39, 0.29) is 6.04 Å². The molecule has 0 aliphatic heterocycles. The minimum Gasteiger partial charge on any atom is -0.358 e. The van der Waals surface area contributed by atoms with Crippen LogP contribution in [0.25, 0.3) is 0 Å². The number of nitrogens with one attached hydrogen (secondary N) is 1. The summed E-state index contributed by atoms with van der Waals surface area (Å²) in [5.74, 6) is 0. The lowest BCUT2D eigenvalue weighted by Crippen LogP contribution is -2.47. The third kappa shape index (κ3) is 6.07. The highest BCUT2D eigenvalue weighted by molar-refractivity contribution is 4.91. The predicted octanol–water partition coefficient (Wildman–Crippen LogP) is 2.39. The zero-order valence-electron chi connectivity index (χ0n) is 9.56. The summed E-state index contributed by atoms with van der Waals surface area (Å²) in [6.07, 6.45) is -15.0. The Labute approximate surface area is 99.7 Å². The topological polar surface area (TPSA) is 45.0 Å². The summed E-state index contributed by atoms with van der Waals surface area (Å²) in [5.41, 5.74) is 0. The molecule has 0 aromatic heterocycles. The number of hydrogen-bond acceptors (Lipinski definition) is 3. The number of nitriles is 1. The molecular weight excluding hydrogens is 266 g/mol. The van der Waals surface area contributed by atoms with Crippen LogP contribution in [0.1, 0.15) is 13.8 Å². The van der Waals surface area contributed by atoms with Crippen molar-refractivity contribution in [3.63, 3.8) is 0 Å². The van der Waals surface area contributed by atoms with E-state index in [0.717, 1.165) is 0 Å². The molecule has 0 saturated heterocycles. The molecule has 3 nitrogen and oxygen atoms in total. The molecule has 0 saturated carbocycles. The molecule has 0 fully saturated rings. The van der Waals surface area contributed by atoms with Crippen molar-refractivity contribution in [2.24, 2.45) is 0 Å². The standard InChI is InChI=1S/C9H12F6N2O/c1-5(2)17-6(3-16)4-18-7(8(10,11)12)9(13,14)15/h5-7,17H,4H2,1-2H3. The molecule has 1 unspecified atom stereocenters. The van der Waals surface area contributed by atoms with Crippen LogP contribution in [-0.2, 0) is 4.74 Å². The molecule has 0 heterocycles. The molecule has 18 heavy (non-hydrogen) atoms. The Morgan fingerprint density at radius 1 is 1.11 bits per heavy atom. The lowest BCUT2D eigenvalue weighted by Gasteiger charge is -2.24. The van der Waals surface area contributed by atoms with Crippen LogP contribution in [0.5, 0.6) is 0 Å². The van der Waals surface area contributed by atoms with Gasteiger partial charge in [0.1, 0.15) is 6.04 Å². The van der Waals surface area contributed by atoms with Crippen LogP contribution in [0.4, 0.5) is 26.3 Å². The predicted molar refractivity (Wildman–Crippen MR) is 49.5 cm³/mol. The zero-order chi connectivity index (χ0) is 14.6. The molecule has 1 atom stereocenters. The fourth-order valence-corrected chi connectivity index (χ4v) is 1.09. The maximum atomic E-state index is 12.1. The van der Waals surface area contributed by atoms with E-state index in [4.69, 9.17) is 5.26 Å². The average molecular weight is 278 g/mol. The zero-order valence-corrected chi connectivity index (χ0v) is 9.56. The van der Waals surface area contributed by atoms with E-state index < -0.39 is 31.1 Å². The Morgan fingerprint density at radius 3 is 1.83 bits per heavy atom. The molecule has 0 aliphatic rings. The summed E-state index contributed by atoms with van der Waals surface area (Å²) in [4.78, 5) is 0. The molecule has 0 amide bonds. The van der Waals surface area contributed by atoms with Crippen LogP contribution in [0.15, 0.2) is 0 Å². The Kier molecular flexibility index (Phi) is 5.89. The second kappa shape index (κ2) is 6.24. The Morgan fingerprint density at radius 2 is 1.56 bits per heavy atom. The summed E-state index contributed by atoms with van der Waals surface area (Å²) in [6.45, 7) is 2.18. The van der Waals surface area contributed by atoms with E-state index >= 15 is 0 Å². The van der Waals surface area contributed by atoms with Gasteiger partial charge in [0, 0.05) is 6.04 Å². The third-order valence-corrected chi connectivity index (χ3v) is 1.71. The summed E-state index contributed by atoms with van der Waals surface area (Å²) >= 11 is 0. The molecule has 0 aromatic carbocycles. The van der Waals surface area contributed by atoms with E-state index in [1.807, 2.05) is 0 Å². The van der Waals surface area contributed by atoms with Crippen LogP contribution in [0, 0.1) is 11.3 Å². The molecule has 0 aliphatic carbocycles. The lowest BCUT2D eigenvalue weighted by atomic mass is 10.2. The van der Waals surface area contributed by atoms with Crippen molar-refractivity contribution in [1.29, 1.82) is 5.26 Å². The molecule has 0 radical (unpaired) electrons. The maximum absolute atomic E-state index is 12.1. The Balaban J connectivity index is 4.59. The van der Waals surface area contributed by atoms with E-state index in [9.17, 15) is 26.3 Å². The summed E-state index contributed by atoms with van der Waals surface area (Å²) in [5, 5.41) is 11.0. The van der Waals surface area contributed by atoms with Crippen LogP contribution in [-0.4, -0.2) is 37.1 Å². The van der Waals surface area contributed by atoms with Crippen LogP contribution < -0.4 is 5.32 Å². The first kappa shape index (κ1) is 17.0. The van der Waals surface area contributed by atoms with Crippen molar-refractivity contribution >= 4 is 0 Å². The van der Waals surface area contributed by atoms with Crippen LogP contribution in [0.3, 0.4) is 0 Å². The van der Waals surface area contributed by atoms with Gasteiger partial charge in [-0.05, 0) is 13.8 Å². The van der Waals surface area contributed by atoms with Gasteiger partial charge in [0.05, 0.1) is 12.7 Å². The molecule has 0 rings (SSSR count). The highest BCUT2D eigenvalue weighted by atomic mass is 19.4. The van der Waals surface area contributed by atoms with Gasteiger partial charge in [-0.3, -0.25) is 5.32 Å². The number of halogens is 6. The second-order valence-corrected chi connectivity index (χ2v) is 3.80. The number of hydrogen-bond donors (Lipinski definition) is 1. The van der Waals surface area contributed by atoms with Crippen molar-refractivity contribution in [2.45, 2.75) is 44.4 Å². The Hall–Kier alpha value is -1.01. The van der Waals surface area contributed by atoms with Gasteiger partial charge in [-0.1, -0.05) is 0 Å². The van der Waals surface area contributed by atoms with E-state index in [1.54, 1.807) is 13.8 Å². The van der Waals surface area contributed by atoms with Gasteiger partial charge in [0.15, 0.2) is 0 Å². The SMILES string of the molecule is CC(C)NC(C#N)COC(C(F)(F)F)C(F)(F)F. The number of nitrogens with zero attached hydrogens (tertiary/aromatic N) is 1. The largest absolute Gasteiger partial charge is 0.423 e. The van der Waals surface area contributed by atoms with Gasteiger partial charge in [0.25, 0.3) is 0 Å². The van der Waals surface area contributed by atoms with Crippen molar-refractivity contribution in [3.8, 4) is 6.07 Å². The Bertz CT molecular complexity index is 279. The minimum atomic E-state index is -5.56. The van der Waals surface area contributed by atoms with Gasteiger partial charge in [-0.25, -0.2) is 0 Å². The highest BCUT2D eigenvalue weighted by Gasteiger charge is 2.58. The number of alkyl halides is 6. The van der Waals surface area contributed by atoms with E-state index in [0.29, 0.717) is 0 Å². The maximum Gasteiger partial charge on any atom is 0.423 e. The molecule has 9 heteroatoms. The first-order valence-electron chi connectivity index (χ1n) is 4.89. The fraction of sp³-hybridized carbons (Fsp3) is 0.889. The average Bonchev–Trinajstić information content (AvgIpc) is 2.11. The minimum absolute atomic E-state index is 0.270. The van der Waals surface area contributed by atoms with Gasteiger partial charge < -0.3 is 4.74 Å². The van der Waals surface area contributed by atoms with Gasteiger partial charge in [-0.2, -0.15) is 31.6 Å². The number of rotatable bonds is 5. The lowest BCUT2D eigenvalue weighted by molar-refractivity contribution is -0.322. The van der Waals surface area contributed by atoms with E-state index in [1.165, 1.54) is 6.07 Å². The van der Waals surface area contributed by atoms with Crippen molar-refractivity contribution in [3.05, 3.63) is 0 Å². The van der Waals surface area contributed by atoms with Gasteiger partial charge in [-0.15, -0.1) is 0 Å². The van der Waals surface area contributed by atoms with Gasteiger partial charge in [0.2, 0.25) is 6.10 Å². The molecule has 1 N–H and O–H groups in total. The summed E-state index contributed by atoms with van der Waals surface area (Å²) < 4.78 is 76.3. The first-order chi connectivity index (χ1) is 7.98. The molecule has 0 aromatic rings. The van der Waals surface area contributed by atoms with Crippen molar-refractivity contribution in [1.82, 2.24) is 5.32 Å². The van der Waals surface area contributed by atoms with Gasteiger partial charge >= 0.3 is 12.4 Å². The van der Waals surface area contributed by atoms with Crippen molar-refractivity contribution < 1.29 is 31.1 Å². The van der Waals surface area contributed by atoms with E-state index in [2.05, 4.69) is 10.1 Å². The first-order valence-corrected chi connectivity index (χ1v) is 4.89. The smallest absolute Gasteiger partial charge is 0.358 e. The molecule has 106 valence electrons. The summed E-state index contributed by atoms with van der Waals surface area (Å²) in [7, 11) is 0. The molecular formula is C9H12F6N2O. The summed E-state index contributed by atoms with van der Waals surface area (Å²) in [6, 6.07) is 0.0122. The van der Waals surface area contributed by atoms with Crippen LogP contribution in [0.2, 0.25) is 0 Å². The second-order valence-electron chi connectivity index (χ2n) is 3.80. The quantitative estimate of drug-likeness (QED) is 0.785. The molecule has 0 spiro atoms.